The maximum Gasteiger partial charge on any atom is 0.273 e. The van der Waals surface area contributed by atoms with Crippen LogP contribution >= 0.6 is 0 Å². The lowest BCUT2D eigenvalue weighted by molar-refractivity contribution is 0.0949. The van der Waals surface area contributed by atoms with Crippen LogP contribution in [0, 0.1) is 5.92 Å². The predicted octanol–water partition coefficient (Wildman–Crippen LogP) is 0.898. The molecule has 0 radical (unpaired) electrons. The zero-order chi connectivity index (χ0) is 17.8. The fourth-order valence-corrected chi connectivity index (χ4v) is 3.40. The number of fused-ring (bicyclic) bond motifs is 1. The van der Waals surface area contributed by atoms with Crippen LogP contribution in [0.2, 0.25) is 0 Å². The highest BCUT2D eigenvalue weighted by atomic mass is 16.2. The average molecular weight is 353 g/mol. The molecule has 8 heteroatoms. The van der Waals surface area contributed by atoms with Crippen LogP contribution in [0.25, 0.3) is 5.65 Å². The van der Waals surface area contributed by atoms with Gasteiger partial charge in [-0.15, -0.1) is 5.10 Å². The Bertz CT molecular complexity index is 878. The molecule has 136 valence electrons. The summed E-state index contributed by atoms with van der Waals surface area (Å²) in [5, 5.41) is 14.4. The number of carbonyl (C=O) groups excluding carboxylic acids is 1. The molecule has 0 spiro atoms. The summed E-state index contributed by atoms with van der Waals surface area (Å²) in [6.45, 7) is 3.42. The first-order valence-corrected chi connectivity index (χ1v) is 9.09. The Morgan fingerprint density at radius 3 is 3.23 bits per heavy atom. The summed E-state index contributed by atoms with van der Waals surface area (Å²) in [7, 11) is 0. The van der Waals surface area contributed by atoms with Crippen molar-refractivity contribution < 1.29 is 4.79 Å². The second-order valence-electron chi connectivity index (χ2n) is 6.72. The summed E-state index contributed by atoms with van der Waals surface area (Å²) < 4.78 is 3.80. The molecule has 2 N–H and O–H groups in total. The number of carbonyl (C=O) groups is 1. The van der Waals surface area contributed by atoms with E-state index in [2.05, 4.69) is 25.9 Å². The number of piperidine rings is 1. The third-order valence-corrected chi connectivity index (χ3v) is 4.78. The highest BCUT2D eigenvalue weighted by Gasteiger charge is 2.16. The lowest BCUT2D eigenvalue weighted by Gasteiger charge is -2.22. The van der Waals surface area contributed by atoms with Crippen LogP contribution in [0.3, 0.4) is 0 Å². The van der Waals surface area contributed by atoms with Crippen molar-refractivity contribution in [2.24, 2.45) is 5.92 Å². The van der Waals surface area contributed by atoms with Crippen molar-refractivity contribution in [2.45, 2.75) is 25.8 Å². The van der Waals surface area contributed by atoms with Crippen LogP contribution in [-0.4, -0.2) is 49.9 Å². The first-order chi connectivity index (χ1) is 12.8. The minimum absolute atomic E-state index is 0.188. The molecule has 1 amide bonds. The SMILES string of the molecule is O=C(NCCc1cnc2ccccn12)c1cn(CC2CCCNC2)nn1. The lowest BCUT2D eigenvalue weighted by Crippen LogP contribution is -2.32. The predicted molar refractivity (Wildman–Crippen MR) is 96.8 cm³/mol. The summed E-state index contributed by atoms with van der Waals surface area (Å²) >= 11 is 0. The van der Waals surface area contributed by atoms with E-state index in [1.165, 1.54) is 12.8 Å². The first-order valence-electron chi connectivity index (χ1n) is 9.09. The van der Waals surface area contributed by atoms with Crippen LogP contribution < -0.4 is 10.6 Å². The van der Waals surface area contributed by atoms with Gasteiger partial charge in [0.05, 0.1) is 6.20 Å². The number of nitrogens with zero attached hydrogens (tertiary/aromatic N) is 5. The number of imidazole rings is 1. The van der Waals surface area contributed by atoms with Gasteiger partial charge in [0.25, 0.3) is 5.91 Å². The Balaban J connectivity index is 1.29. The fourth-order valence-electron chi connectivity index (χ4n) is 3.40. The van der Waals surface area contributed by atoms with Gasteiger partial charge in [-0.2, -0.15) is 0 Å². The molecule has 1 atom stereocenters. The van der Waals surface area contributed by atoms with Crippen LogP contribution in [0.5, 0.6) is 0 Å². The van der Waals surface area contributed by atoms with Gasteiger partial charge in [-0.1, -0.05) is 11.3 Å². The molecule has 8 nitrogen and oxygen atoms in total. The van der Waals surface area contributed by atoms with Crippen molar-refractivity contribution in [2.75, 3.05) is 19.6 Å². The number of hydrogen-bond acceptors (Lipinski definition) is 5. The van der Waals surface area contributed by atoms with E-state index in [0.29, 0.717) is 24.6 Å². The molecular formula is C18H23N7O. The molecule has 0 bridgehead atoms. The second kappa shape index (κ2) is 7.65. The molecular weight excluding hydrogens is 330 g/mol. The third-order valence-electron chi connectivity index (χ3n) is 4.78. The lowest BCUT2D eigenvalue weighted by atomic mass is 10.00. The maximum atomic E-state index is 12.3. The van der Waals surface area contributed by atoms with Crippen molar-refractivity contribution >= 4 is 11.6 Å². The molecule has 4 rings (SSSR count). The monoisotopic (exact) mass is 353 g/mol. The van der Waals surface area contributed by atoms with Gasteiger partial charge in [-0.25, -0.2) is 4.98 Å². The number of rotatable bonds is 6. The fraction of sp³-hybridized carbons (Fsp3) is 0.444. The Morgan fingerprint density at radius 2 is 2.35 bits per heavy atom. The standard InChI is InChI=1S/C18H23N7O/c26-18(16-13-24(23-22-16)12-14-4-3-7-19-10-14)20-8-6-15-11-21-17-5-1-2-9-25(15)17/h1-2,5,9,11,13-14,19H,3-4,6-8,10,12H2,(H,20,26). The van der Waals surface area contributed by atoms with Gasteiger partial charge in [0.15, 0.2) is 5.69 Å². The van der Waals surface area contributed by atoms with Gasteiger partial charge < -0.3 is 15.0 Å². The topological polar surface area (TPSA) is 89.1 Å². The quantitative estimate of drug-likeness (QED) is 0.687. The van der Waals surface area contributed by atoms with Crippen LogP contribution in [0.1, 0.15) is 29.0 Å². The van der Waals surface area contributed by atoms with Gasteiger partial charge in [0.1, 0.15) is 5.65 Å². The van der Waals surface area contributed by atoms with E-state index >= 15 is 0 Å². The average Bonchev–Trinajstić information content (AvgIpc) is 3.30. The van der Waals surface area contributed by atoms with Crippen molar-refractivity contribution in [1.29, 1.82) is 0 Å². The summed E-state index contributed by atoms with van der Waals surface area (Å²) in [6.07, 6.45) is 8.64. The molecule has 0 aromatic carbocycles. The molecule has 1 saturated heterocycles. The maximum absolute atomic E-state index is 12.3. The van der Waals surface area contributed by atoms with Crippen molar-refractivity contribution in [1.82, 2.24) is 35.0 Å². The molecule has 1 aliphatic heterocycles. The summed E-state index contributed by atoms with van der Waals surface area (Å²) in [5.74, 6) is 0.364. The highest BCUT2D eigenvalue weighted by molar-refractivity contribution is 5.91. The summed E-state index contributed by atoms with van der Waals surface area (Å²) in [6, 6.07) is 5.89. The molecule has 1 fully saturated rings. The van der Waals surface area contributed by atoms with Gasteiger partial charge in [0.2, 0.25) is 0 Å². The van der Waals surface area contributed by atoms with Crippen LogP contribution in [-0.2, 0) is 13.0 Å². The Labute approximate surface area is 151 Å². The van der Waals surface area contributed by atoms with E-state index in [9.17, 15) is 4.79 Å². The molecule has 4 heterocycles. The van der Waals surface area contributed by atoms with E-state index in [0.717, 1.165) is 31.0 Å². The van der Waals surface area contributed by atoms with Gasteiger partial charge in [-0.05, 0) is 44.0 Å². The third kappa shape index (κ3) is 3.75. The van der Waals surface area contributed by atoms with Crippen molar-refractivity contribution in [3.63, 3.8) is 0 Å². The van der Waals surface area contributed by atoms with E-state index in [1.807, 2.05) is 35.0 Å². The van der Waals surface area contributed by atoms with Gasteiger partial charge >= 0.3 is 0 Å². The zero-order valence-corrected chi connectivity index (χ0v) is 14.6. The molecule has 3 aromatic rings. The number of aromatic nitrogens is 5. The molecule has 3 aromatic heterocycles. The van der Waals surface area contributed by atoms with E-state index < -0.39 is 0 Å². The minimum atomic E-state index is -0.188. The number of hydrogen-bond donors (Lipinski definition) is 2. The smallest absolute Gasteiger partial charge is 0.273 e. The Morgan fingerprint density at radius 1 is 1.38 bits per heavy atom. The largest absolute Gasteiger partial charge is 0.350 e. The van der Waals surface area contributed by atoms with Crippen molar-refractivity contribution in [3.05, 3.63) is 48.2 Å². The first kappa shape index (κ1) is 16.7. The minimum Gasteiger partial charge on any atom is -0.350 e. The molecule has 0 saturated carbocycles. The Kier molecular flexibility index (Phi) is 4.92. The summed E-state index contributed by atoms with van der Waals surface area (Å²) in [5.41, 5.74) is 2.34. The van der Waals surface area contributed by atoms with Crippen LogP contribution in [0.15, 0.2) is 36.8 Å². The second-order valence-corrected chi connectivity index (χ2v) is 6.72. The van der Waals surface area contributed by atoms with E-state index in [1.54, 1.807) is 10.9 Å². The summed E-state index contributed by atoms with van der Waals surface area (Å²) in [4.78, 5) is 16.6. The molecule has 26 heavy (non-hydrogen) atoms. The zero-order valence-electron chi connectivity index (χ0n) is 14.6. The number of pyridine rings is 1. The van der Waals surface area contributed by atoms with Gasteiger partial charge in [0, 0.05) is 37.6 Å². The van der Waals surface area contributed by atoms with Crippen molar-refractivity contribution in [3.8, 4) is 0 Å². The van der Waals surface area contributed by atoms with E-state index in [4.69, 9.17) is 0 Å². The molecule has 0 aliphatic carbocycles. The Hall–Kier alpha value is -2.74. The van der Waals surface area contributed by atoms with Gasteiger partial charge in [-0.3, -0.25) is 9.48 Å². The molecule has 1 aliphatic rings. The number of amides is 1. The number of nitrogens with one attached hydrogen (secondary N) is 2. The van der Waals surface area contributed by atoms with Crippen LogP contribution in [0.4, 0.5) is 0 Å². The van der Waals surface area contributed by atoms with E-state index in [-0.39, 0.29) is 5.91 Å². The molecule has 1 unspecified atom stereocenters. The highest BCUT2D eigenvalue weighted by Crippen LogP contribution is 2.12. The normalized spacial score (nSPS) is 17.5.